The molecular formula is C12H18N2O4. The van der Waals surface area contributed by atoms with Crippen LogP contribution in [0, 0.1) is 0 Å². The van der Waals surface area contributed by atoms with Gasteiger partial charge in [0.25, 0.3) is 5.91 Å². The second kappa shape index (κ2) is 7.52. The summed E-state index contributed by atoms with van der Waals surface area (Å²) in [5, 5.41) is 12.2. The number of phenols is 1. The van der Waals surface area contributed by atoms with Gasteiger partial charge in [-0.2, -0.15) is 0 Å². The highest BCUT2D eigenvalue weighted by Crippen LogP contribution is 2.25. The number of aromatic hydroxyl groups is 1. The zero-order chi connectivity index (χ0) is 13.4. The molecule has 1 rings (SSSR count). The van der Waals surface area contributed by atoms with Crippen LogP contribution in [0.3, 0.4) is 0 Å². The van der Waals surface area contributed by atoms with Crippen molar-refractivity contribution in [3.63, 3.8) is 0 Å². The van der Waals surface area contributed by atoms with Gasteiger partial charge in [0, 0.05) is 18.7 Å². The Morgan fingerprint density at radius 1 is 1.44 bits per heavy atom. The van der Waals surface area contributed by atoms with Gasteiger partial charge in [0.05, 0.1) is 20.3 Å². The second-order valence-electron chi connectivity index (χ2n) is 3.54. The van der Waals surface area contributed by atoms with Crippen molar-refractivity contribution in [3.05, 3.63) is 23.8 Å². The second-order valence-corrected chi connectivity index (χ2v) is 3.54. The molecule has 100 valence electrons. The van der Waals surface area contributed by atoms with Gasteiger partial charge in [-0.05, 0) is 18.2 Å². The van der Waals surface area contributed by atoms with Crippen molar-refractivity contribution in [2.24, 2.45) is 5.73 Å². The molecule has 0 aliphatic rings. The molecule has 1 aromatic rings. The number of rotatable bonds is 7. The molecule has 4 N–H and O–H groups in total. The van der Waals surface area contributed by atoms with Gasteiger partial charge in [-0.25, -0.2) is 0 Å². The predicted molar refractivity (Wildman–Crippen MR) is 66.9 cm³/mol. The molecule has 0 unspecified atom stereocenters. The molecule has 0 bridgehead atoms. The molecule has 1 aromatic carbocycles. The first-order valence-corrected chi connectivity index (χ1v) is 5.62. The number of nitrogens with two attached hydrogens (primary N) is 1. The van der Waals surface area contributed by atoms with E-state index in [2.05, 4.69) is 5.32 Å². The number of ether oxygens (including phenoxy) is 2. The molecule has 0 fully saturated rings. The number of nitrogens with one attached hydrogen (secondary N) is 1. The fraction of sp³-hybridized carbons (Fsp3) is 0.417. The number of hydrogen-bond donors (Lipinski definition) is 3. The van der Waals surface area contributed by atoms with Crippen LogP contribution in [0.4, 0.5) is 0 Å². The summed E-state index contributed by atoms with van der Waals surface area (Å²) in [6.07, 6.45) is 0. The van der Waals surface area contributed by atoms with Crippen LogP contribution >= 0.6 is 0 Å². The average molecular weight is 254 g/mol. The Labute approximate surface area is 106 Å². The van der Waals surface area contributed by atoms with Crippen LogP contribution < -0.4 is 15.8 Å². The predicted octanol–water partition coefficient (Wildman–Crippen LogP) is 0.106. The summed E-state index contributed by atoms with van der Waals surface area (Å²) in [5.74, 6) is -0.00772. The Bertz CT molecular complexity index is 396. The van der Waals surface area contributed by atoms with Gasteiger partial charge in [-0.3, -0.25) is 4.79 Å². The van der Waals surface area contributed by atoms with E-state index in [9.17, 15) is 9.90 Å². The number of phenolic OH excluding ortho intramolecular Hbond substituents is 1. The molecule has 0 heterocycles. The van der Waals surface area contributed by atoms with Crippen molar-refractivity contribution in [1.29, 1.82) is 0 Å². The lowest BCUT2D eigenvalue weighted by atomic mass is 10.2. The highest BCUT2D eigenvalue weighted by molar-refractivity contribution is 5.94. The summed E-state index contributed by atoms with van der Waals surface area (Å²) in [4.78, 5) is 11.7. The highest BCUT2D eigenvalue weighted by Gasteiger charge is 2.08. The maximum atomic E-state index is 11.7. The molecule has 0 atom stereocenters. The maximum absolute atomic E-state index is 11.7. The summed E-state index contributed by atoms with van der Waals surface area (Å²) >= 11 is 0. The highest BCUT2D eigenvalue weighted by atomic mass is 16.5. The molecular weight excluding hydrogens is 236 g/mol. The summed E-state index contributed by atoms with van der Waals surface area (Å²) in [6, 6.07) is 4.47. The molecule has 0 radical (unpaired) electrons. The van der Waals surface area contributed by atoms with Gasteiger partial charge in [0.1, 0.15) is 0 Å². The molecule has 0 aliphatic heterocycles. The summed E-state index contributed by atoms with van der Waals surface area (Å²) in [7, 11) is 1.45. The van der Waals surface area contributed by atoms with Crippen molar-refractivity contribution in [1.82, 2.24) is 5.32 Å². The van der Waals surface area contributed by atoms with Crippen molar-refractivity contribution in [3.8, 4) is 11.5 Å². The number of hydrogen-bond acceptors (Lipinski definition) is 5. The normalized spacial score (nSPS) is 10.1. The number of amides is 1. The van der Waals surface area contributed by atoms with Crippen LogP contribution in [0.1, 0.15) is 10.4 Å². The van der Waals surface area contributed by atoms with Crippen LogP contribution in [-0.4, -0.2) is 44.4 Å². The summed E-state index contributed by atoms with van der Waals surface area (Å²) < 4.78 is 10.0. The Kier molecular flexibility index (Phi) is 5.96. The van der Waals surface area contributed by atoms with E-state index in [1.165, 1.54) is 19.2 Å². The third-order valence-electron chi connectivity index (χ3n) is 2.24. The average Bonchev–Trinajstić information content (AvgIpc) is 2.38. The minimum atomic E-state index is -0.274. The third-order valence-corrected chi connectivity index (χ3v) is 2.24. The van der Waals surface area contributed by atoms with E-state index in [4.69, 9.17) is 15.2 Å². The molecule has 0 aromatic heterocycles. The van der Waals surface area contributed by atoms with Crippen LogP contribution in [0.2, 0.25) is 0 Å². The monoisotopic (exact) mass is 254 g/mol. The summed E-state index contributed by atoms with van der Waals surface area (Å²) in [5.41, 5.74) is 5.62. The summed E-state index contributed by atoms with van der Waals surface area (Å²) in [6.45, 7) is 1.73. The number of carbonyl (C=O) groups excluding carboxylic acids is 1. The minimum absolute atomic E-state index is 0.0652. The maximum Gasteiger partial charge on any atom is 0.251 e. The van der Waals surface area contributed by atoms with Gasteiger partial charge < -0.3 is 25.6 Å². The molecule has 6 heteroatoms. The molecule has 0 aliphatic carbocycles. The molecule has 6 nitrogen and oxygen atoms in total. The Balaban J connectivity index is 2.44. The fourth-order valence-corrected chi connectivity index (χ4v) is 1.36. The lowest BCUT2D eigenvalue weighted by Gasteiger charge is -2.07. The van der Waals surface area contributed by atoms with Gasteiger partial charge in [0.15, 0.2) is 11.5 Å². The van der Waals surface area contributed by atoms with Crippen molar-refractivity contribution in [2.45, 2.75) is 0 Å². The molecule has 18 heavy (non-hydrogen) atoms. The van der Waals surface area contributed by atoms with Crippen molar-refractivity contribution < 1.29 is 19.4 Å². The SMILES string of the molecule is COc1ccc(C(=O)NCCOCCN)cc1O. The minimum Gasteiger partial charge on any atom is -0.504 e. The lowest BCUT2D eigenvalue weighted by Crippen LogP contribution is -2.27. The first kappa shape index (κ1) is 14.3. The van der Waals surface area contributed by atoms with E-state index in [0.717, 1.165) is 0 Å². The molecule has 0 saturated heterocycles. The Morgan fingerprint density at radius 2 is 2.22 bits per heavy atom. The first-order chi connectivity index (χ1) is 8.69. The molecule has 0 spiro atoms. The van der Waals surface area contributed by atoms with E-state index in [1.807, 2.05) is 0 Å². The van der Waals surface area contributed by atoms with Gasteiger partial charge in [-0.15, -0.1) is 0 Å². The number of benzene rings is 1. The lowest BCUT2D eigenvalue weighted by molar-refractivity contribution is 0.0919. The quantitative estimate of drug-likeness (QED) is 0.600. The third kappa shape index (κ3) is 4.23. The zero-order valence-electron chi connectivity index (χ0n) is 10.3. The molecule has 1 amide bonds. The van der Waals surface area contributed by atoms with Crippen molar-refractivity contribution >= 4 is 5.91 Å². The van der Waals surface area contributed by atoms with Gasteiger partial charge in [-0.1, -0.05) is 0 Å². The van der Waals surface area contributed by atoms with Crippen LogP contribution in [-0.2, 0) is 4.74 Å². The van der Waals surface area contributed by atoms with Crippen LogP contribution in [0.25, 0.3) is 0 Å². The standard InChI is InChI=1S/C12H18N2O4/c1-17-11-3-2-9(8-10(11)15)12(16)14-5-7-18-6-4-13/h2-3,8,15H,4-7,13H2,1H3,(H,14,16). The van der Waals surface area contributed by atoms with Crippen LogP contribution in [0.5, 0.6) is 11.5 Å². The van der Waals surface area contributed by atoms with Crippen molar-refractivity contribution in [2.75, 3.05) is 33.4 Å². The van der Waals surface area contributed by atoms with Crippen LogP contribution in [0.15, 0.2) is 18.2 Å². The number of methoxy groups -OCH3 is 1. The Morgan fingerprint density at radius 3 is 2.83 bits per heavy atom. The molecule has 0 saturated carbocycles. The number of carbonyl (C=O) groups is 1. The Hall–Kier alpha value is -1.79. The van der Waals surface area contributed by atoms with E-state index in [1.54, 1.807) is 6.07 Å². The topological polar surface area (TPSA) is 93.8 Å². The zero-order valence-corrected chi connectivity index (χ0v) is 10.3. The largest absolute Gasteiger partial charge is 0.504 e. The first-order valence-electron chi connectivity index (χ1n) is 5.62. The van der Waals surface area contributed by atoms with E-state index in [0.29, 0.717) is 37.6 Å². The van der Waals surface area contributed by atoms with Gasteiger partial charge >= 0.3 is 0 Å². The van der Waals surface area contributed by atoms with E-state index >= 15 is 0 Å². The van der Waals surface area contributed by atoms with Gasteiger partial charge in [0.2, 0.25) is 0 Å². The van der Waals surface area contributed by atoms with E-state index < -0.39 is 0 Å². The van der Waals surface area contributed by atoms with E-state index in [-0.39, 0.29) is 11.7 Å². The fourth-order valence-electron chi connectivity index (χ4n) is 1.36. The smallest absolute Gasteiger partial charge is 0.251 e.